The zero-order valence-electron chi connectivity index (χ0n) is 11.6. The quantitative estimate of drug-likeness (QED) is 0.849. The summed E-state index contributed by atoms with van der Waals surface area (Å²) in [6, 6.07) is 9.05. The Labute approximate surface area is 121 Å². The molecule has 0 aromatic heterocycles. The molecule has 19 heavy (non-hydrogen) atoms. The van der Waals surface area contributed by atoms with E-state index in [2.05, 4.69) is 17.4 Å². The summed E-state index contributed by atoms with van der Waals surface area (Å²) in [4.78, 5) is 0. The van der Waals surface area contributed by atoms with Crippen molar-refractivity contribution in [2.24, 2.45) is 5.41 Å². The average molecular weight is 278 g/mol. The van der Waals surface area contributed by atoms with Crippen LogP contribution in [0, 0.1) is 5.41 Å². The minimum atomic E-state index is 0.679. The van der Waals surface area contributed by atoms with Crippen LogP contribution in [-0.4, -0.2) is 12.6 Å². The molecule has 0 aliphatic heterocycles. The molecule has 0 amide bonds. The molecule has 2 heteroatoms. The monoisotopic (exact) mass is 277 g/mol. The minimum absolute atomic E-state index is 0.679. The van der Waals surface area contributed by atoms with Crippen molar-refractivity contribution in [3.05, 3.63) is 34.9 Å². The van der Waals surface area contributed by atoms with Crippen LogP contribution in [0.15, 0.2) is 24.3 Å². The summed E-state index contributed by atoms with van der Waals surface area (Å²) < 4.78 is 0. The van der Waals surface area contributed by atoms with Gasteiger partial charge in [-0.2, -0.15) is 0 Å². The van der Waals surface area contributed by atoms with Gasteiger partial charge in [0.25, 0.3) is 0 Å². The first-order valence-electron chi connectivity index (χ1n) is 7.76. The van der Waals surface area contributed by atoms with Crippen LogP contribution in [0.5, 0.6) is 0 Å². The zero-order chi connectivity index (χ0) is 13.1. The molecule has 0 radical (unpaired) electrons. The predicted molar refractivity (Wildman–Crippen MR) is 81.7 cm³/mol. The Morgan fingerprint density at radius 2 is 1.79 bits per heavy atom. The van der Waals surface area contributed by atoms with Crippen LogP contribution >= 0.6 is 11.6 Å². The Balaban J connectivity index is 1.46. The Hall–Kier alpha value is -0.530. The molecular formula is C17H24ClN. The molecule has 1 N–H and O–H groups in total. The first-order chi connectivity index (χ1) is 9.28. The molecule has 1 nitrogen and oxygen atoms in total. The van der Waals surface area contributed by atoms with Crippen LogP contribution in [0.4, 0.5) is 0 Å². The maximum atomic E-state index is 5.91. The van der Waals surface area contributed by atoms with Crippen LogP contribution in [0.1, 0.15) is 50.5 Å². The summed E-state index contributed by atoms with van der Waals surface area (Å²) in [5, 5.41) is 4.64. The van der Waals surface area contributed by atoms with Crippen molar-refractivity contribution in [1.82, 2.24) is 5.32 Å². The number of nitrogens with one attached hydrogen (secondary N) is 1. The second-order valence-electron chi connectivity index (χ2n) is 6.34. The topological polar surface area (TPSA) is 12.0 Å². The third kappa shape index (κ3) is 2.98. The lowest BCUT2D eigenvalue weighted by molar-refractivity contribution is 0.0236. The fourth-order valence-corrected chi connectivity index (χ4v) is 4.04. The molecule has 2 saturated carbocycles. The smallest absolute Gasteiger partial charge is 0.0406 e. The van der Waals surface area contributed by atoms with Gasteiger partial charge in [0.1, 0.15) is 0 Å². The molecule has 2 aliphatic carbocycles. The Morgan fingerprint density at radius 1 is 1.05 bits per heavy atom. The third-order valence-corrected chi connectivity index (χ3v) is 5.49. The molecule has 0 bridgehead atoms. The predicted octanol–water partition coefficient (Wildman–Crippen LogP) is 4.59. The van der Waals surface area contributed by atoms with Gasteiger partial charge in [0.05, 0.1) is 0 Å². The highest BCUT2D eigenvalue weighted by Gasteiger charge is 2.46. The fraction of sp³-hybridized carbons (Fsp3) is 0.647. The van der Waals surface area contributed by atoms with Crippen LogP contribution in [-0.2, 0) is 6.42 Å². The summed E-state index contributed by atoms with van der Waals surface area (Å²) in [7, 11) is 0. The Bertz CT molecular complexity index is 406. The van der Waals surface area contributed by atoms with Crippen LogP contribution in [0.25, 0.3) is 0 Å². The molecule has 104 valence electrons. The maximum Gasteiger partial charge on any atom is 0.0406 e. The van der Waals surface area contributed by atoms with Crippen LogP contribution < -0.4 is 5.32 Å². The number of benzene rings is 1. The van der Waals surface area contributed by atoms with Gasteiger partial charge in [-0.3, -0.25) is 0 Å². The molecule has 1 unspecified atom stereocenters. The first kappa shape index (κ1) is 13.5. The lowest BCUT2D eigenvalue weighted by Crippen LogP contribution is -2.54. The minimum Gasteiger partial charge on any atom is -0.313 e. The fourth-order valence-electron chi connectivity index (χ4n) is 3.91. The Kier molecular flexibility index (Phi) is 4.14. The molecule has 0 heterocycles. The van der Waals surface area contributed by atoms with Crippen LogP contribution in [0.2, 0.25) is 5.02 Å². The van der Waals surface area contributed by atoms with Crippen molar-refractivity contribution >= 4 is 11.6 Å². The molecule has 2 aliphatic rings. The molecule has 1 aromatic rings. The van der Waals surface area contributed by atoms with E-state index < -0.39 is 0 Å². The normalized spacial score (nSPS) is 25.2. The van der Waals surface area contributed by atoms with E-state index in [-0.39, 0.29) is 0 Å². The van der Waals surface area contributed by atoms with Crippen molar-refractivity contribution in [1.29, 1.82) is 0 Å². The van der Waals surface area contributed by atoms with E-state index in [1.807, 2.05) is 12.1 Å². The number of rotatable bonds is 4. The molecule has 1 spiro atoms. The Morgan fingerprint density at radius 3 is 2.42 bits per heavy atom. The van der Waals surface area contributed by atoms with Gasteiger partial charge >= 0.3 is 0 Å². The van der Waals surface area contributed by atoms with Gasteiger partial charge < -0.3 is 5.32 Å². The van der Waals surface area contributed by atoms with E-state index in [4.69, 9.17) is 11.6 Å². The van der Waals surface area contributed by atoms with E-state index in [9.17, 15) is 0 Å². The van der Waals surface area contributed by atoms with Gasteiger partial charge in [0.15, 0.2) is 0 Å². The summed E-state index contributed by atoms with van der Waals surface area (Å²) in [5.74, 6) is 0. The second kappa shape index (κ2) is 5.85. The van der Waals surface area contributed by atoms with Crippen molar-refractivity contribution in [3.8, 4) is 0 Å². The summed E-state index contributed by atoms with van der Waals surface area (Å²) >= 11 is 5.91. The van der Waals surface area contributed by atoms with Crippen LogP contribution in [0.3, 0.4) is 0 Å². The first-order valence-corrected chi connectivity index (χ1v) is 8.14. The maximum absolute atomic E-state index is 5.91. The number of hydrogen-bond donors (Lipinski definition) is 1. The SMILES string of the molecule is Clc1ccc(CCNC2CCC23CCCCC3)cc1. The van der Waals surface area contributed by atoms with Crippen molar-refractivity contribution < 1.29 is 0 Å². The molecular weight excluding hydrogens is 254 g/mol. The number of hydrogen-bond acceptors (Lipinski definition) is 1. The van der Waals surface area contributed by atoms with Gasteiger partial charge in [-0.1, -0.05) is 43.0 Å². The number of halogens is 1. The van der Waals surface area contributed by atoms with Gasteiger partial charge in [-0.15, -0.1) is 0 Å². The molecule has 3 rings (SSSR count). The van der Waals surface area contributed by atoms with E-state index >= 15 is 0 Å². The van der Waals surface area contributed by atoms with Gasteiger partial charge in [-0.05, 0) is 61.8 Å². The molecule has 2 fully saturated rings. The van der Waals surface area contributed by atoms with E-state index in [1.54, 1.807) is 0 Å². The highest BCUT2D eigenvalue weighted by atomic mass is 35.5. The summed E-state index contributed by atoms with van der Waals surface area (Å²) in [6.45, 7) is 1.11. The highest BCUT2D eigenvalue weighted by molar-refractivity contribution is 6.30. The van der Waals surface area contributed by atoms with E-state index in [0.29, 0.717) is 5.41 Å². The van der Waals surface area contributed by atoms with E-state index in [1.165, 1.54) is 50.5 Å². The summed E-state index contributed by atoms with van der Waals surface area (Å²) in [6.07, 6.45) is 11.3. The molecule has 1 atom stereocenters. The van der Waals surface area contributed by atoms with Gasteiger partial charge in [0, 0.05) is 11.1 Å². The zero-order valence-corrected chi connectivity index (χ0v) is 12.4. The van der Waals surface area contributed by atoms with E-state index in [0.717, 1.165) is 24.0 Å². The summed E-state index contributed by atoms with van der Waals surface area (Å²) in [5.41, 5.74) is 2.06. The lowest BCUT2D eigenvalue weighted by atomic mass is 9.57. The standard InChI is InChI=1S/C17H24ClN/c18-15-6-4-14(5-7-15)9-13-19-16-8-12-17(16)10-2-1-3-11-17/h4-7,16,19H,1-3,8-13H2. The molecule has 0 saturated heterocycles. The van der Waals surface area contributed by atoms with Crippen molar-refractivity contribution in [2.45, 2.75) is 57.4 Å². The third-order valence-electron chi connectivity index (χ3n) is 5.24. The molecule has 1 aromatic carbocycles. The average Bonchev–Trinajstić information content (AvgIpc) is 2.45. The highest BCUT2D eigenvalue weighted by Crippen LogP contribution is 2.51. The van der Waals surface area contributed by atoms with Crippen molar-refractivity contribution in [2.75, 3.05) is 6.54 Å². The van der Waals surface area contributed by atoms with Gasteiger partial charge in [0.2, 0.25) is 0 Å². The second-order valence-corrected chi connectivity index (χ2v) is 6.78. The van der Waals surface area contributed by atoms with Gasteiger partial charge in [-0.25, -0.2) is 0 Å². The lowest BCUT2D eigenvalue weighted by Gasteiger charge is -2.52. The van der Waals surface area contributed by atoms with Crippen molar-refractivity contribution in [3.63, 3.8) is 0 Å². The largest absolute Gasteiger partial charge is 0.313 e.